The molecule has 0 unspecified atom stereocenters. The average Bonchev–Trinajstić information content (AvgIpc) is 2.78. The van der Waals surface area contributed by atoms with Gasteiger partial charge in [0, 0.05) is 18.3 Å². The van der Waals surface area contributed by atoms with Gasteiger partial charge in [-0.3, -0.25) is 14.0 Å². The quantitative estimate of drug-likeness (QED) is 0.839. The highest BCUT2D eigenvalue weighted by Crippen LogP contribution is 2.19. The molecular formula is C19H26N4O2. The molecule has 1 aliphatic carbocycles. The van der Waals surface area contributed by atoms with Crippen LogP contribution < -0.4 is 10.6 Å². The zero-order chi connectivity index (χ0) is 17.8. The molecule has 0 spiro atoms. The molecule has 0 bridgehead atoms. The van der Waals surface area contributed by atoms with Gasteiger partial charge in [0.25, 0.3) is 11.8 Å². The lowest BCUT2D eigenvalue weighted by molar-refractivity contribution is 0.0930. The largest absolute Gasteiger partial charge is 0.348 e. The van der Waals surface area contributed by atoms with Crippen LogP contribution in [0.4, 0.5) is 0 Å². The second-order valence-corrected chi connectivity index (χ2v) is 7.03. The predicted molar refractivity (Wildman–Crippen MR) is 96.8 cm³/mol. The van der Waals surface area contributed by atoms with Gasteiger partial charge in [0.1, 0.15) is 0 Å². The van der Waals surface area contributed by atoms with E-state index in [1.807, 2.05) is 32.0 Å². The van der Waals surface area contributed by atoms with Gasteiger partial charge in [-0.25, -0.2) is 4.98 Å². The van der Waals surface area contributed by atoms with E-state index in [9.17, 15) is 9.59 Å². The maximum atomic E-state index is 12.8. The summed E-state index contributed by atoms with van der Waals surface area (Å²) in [4.78, 5) is 29.6. The van der Waals surface area contributed by atoms with Crippen LogP contribution in [0.15, 0.2) is 24.4 Å². The maximum absolute atomic E-state index is 12.8. The molecule has 134 valence electrons. The van der Waals surface area contributed by atoms with Gasteiger partial charge >= 0.3 is 0 Å². The van der Waals surface area contributed by atoms with Gasteiger partial charge in [0.15, 0.2) is 5.69 Å². The molecule has 25 heavy (non-hydrogen) atoms. The molecule has 6 heteroatoms. The summed E-state index contributed by atoms with van der Waals surface area (Å²) >= 11 is 0. The number of nitrogens with one attached hydrogen (secondary N) is 2. The number of imidazole rings is 1. The molecule has 2 aromatic heterocycles. The summed E-state index contributed by atoms with van der Waals surface area (Å²) in [6.45, 7) is 3.79. The molecule has 0 radical (unpaired) electrons. The Morgan fingerprint density at radius 1 is 1.12 bits per heavy atom. The van der Waals surface area contributed by atoms with Crippen LogP contribution in [0.5, 0.6) is 0 Å². The van der Waals surface area contributed by atoms with E-state index in [2.05, 4.69) is 15.6 Å². The van der Waals surface area contributed by atoms with Crippen LogP contribution in [0.1, 0.15) is 73.5 Å². The summed E-state index contributed by atoms with van der Waals surface area (Å²) in [5.41, 5.74) is 0.973. The summed E-state index contributed by atoms with van der Waals surface area (Å²) in [5, 5.41) is 5.95. The minimum absolute atomic E-state index is 0.00632. The van der Waals surface area contributed by atoms with Crippen molar-refractivity contribution in [1.29, 1.82) is 0 Å². The van der Waals surface area contributed by atoms with Crippen LogP contribution in [-0.2, 0) is 0 Å². The number of aromatic nitrogens is 2. The van der Waals surface area contributed by atoms with E-state index in [-0.39, 0.29) is 29.7 Å². The molecule has 0 saturated heterocycles. The standard InChI is InChI=1S/C19H26N4O2/c1-13(2)20-19(25)17-22-16(15-11-7-8-12-23(15)17)18(24)21-14-9-5-3-4-6-10-14/h7-8,11-14H,3-6,9-10H2,1-2H3,(H,20,25)(H,21,24). The summed E-state index contributed by atoms with van der Waals surface area (Å²) in [7, 11) is 0. The highest BCUT2D eigenvalue weighted by molar-refractivity contribution is 6.02. The van der Waals surface area contributed by atoms with Gasteiger partial charge in [-0.05, 0) is 38.8 Å². The number of nitrogens with zero attached hydrogens (tertiary/aromatic N) is 2. The number of fused-ring (bicyclic) bond motifs is 1. The number of hydrogen-bond acceptors (Lipinski definition) is 3. The lowest BCUT2D eigenvalue weighted by Crippen LogP contribution is -2.35. The first-order valence-electron chi connectivity index (χ1n) is 9.15. The van der Waals surface area contributed by atoms with E-state index in [0.29, 0.717) is 11.2 Å². The maximum Gasteiger partial charge on any atom is 0.287 e. The van der Waals surface area contributed by atoms with Crippen LogP contribution in [0.3, 0.4) is 0 Å². The molecule has 3 rings (SSSR count). The third-order valence-corrected chi connectivity index (χ3v) is 4.58. The predicted octanol–water partition coefficient (Wildman–Crippen LogP) is 2.93. The molecule has 6 nitrogen and oxygen atoms in total. The van der Waals surface area contributed by atoms with Crippen molar-refractivity contribution in [3.05, 3.63) is 35.9 Å². The number of rotatable bonds is 4. The minimum Gasteiger partial charge on any atom is -0.348 e. The minimum atomic E-state index is -0.273. The van der Waals surface area contributed by atoms with E-state index in [0.717, 1.165) is 25.7 Å². The average molecular weight is 342 g/mol. The Kier molecular flexibility index (Phi) is 5.36. The van der Waals surface area contributed by atoms with Crippen LogP contribution in [0.2, 0.25) is 0 Å². The molecule has 2 amide bonds. The topological polar surface area (TPSA) is 75.5 Å². The van der Waals surface area contributed by atoms with Crippen molar-refractivity contribution in [1.82, 2.24) is 20.0 Å². The normalized spacial score (nSPS) is 16.0. The van der Waals surface area contributed by atoms with E-state index in [4.69, 9.17) is 0 Å². The molecule has 0 atom stereocenters. The SMILES string of the molecule is CC(C)NC(=O)c1nc(C(=O)NC2CCCCCC2)c2ccccn12. The van der Waals surface area contributed by atoms with E-state index in [1.165, 1.54) is 12.8 Å². The summed E-state index contributed by atoms with van der Waals surface area (Å²) < 4.78 is 1.68. The fourth-order valence-electron chi connectivity index (χ4n) is 3.37. The van der Waals surface area contributed by atoms with Crippen molar-refractivity contribution < 1.29 is 9.59 Å². The van der Waals surface area contributed by atoms with Crippen molar-refractivity contribution >= 4 is 17.3 Å². The molecule has 0 aliphatic heterocycles. The number of amides is 2. The second kappa shape index (κ2) is 7.68. The summed E-state index contributed by atoms with van der Waals surface area (Å²) in [6.07, 6.45) is 8.56. The molecule has 2 heterocycles. The molecule has 1 fully saturated rings. The Labute approximate surface area is 148 Å². The van der Waals surface area contributed by atoms with Crippen molar-refractivity contribution in [3.8, 4) is 0 Å². The fraction of sp³-hybridized carbons (Fsp3) is 0.526. The highest BCUT2D eigenvalue weighted by Gasteiger charge is 2.23. The molecule has 0 aromatic carbocycles. The van der Waals surface area contributed by atoms with Crippen LogP contribution in [-0.4, -0.2) is 33.3 Å². The van der Waals surface area contributed by atoms with Gasteiger partial charge in [-0.2, -0.15) is 0 Å². The zero-order valence-corrected chi connectivity index (χ0v) is 14.9. The summed E-state index contributed by atoms with van der Waals surface area (Å²) in [6, 6.07) is 5.70. The third-order valence-electron chi connectivity index (χ3n) is 4.58. The van der Waals surface area contributed by atoms with E-state index < -0.39 is 0 Å². The number of carbonyl (C=O) groups is 2. The first-order valence-corrected chi connectivity index (χ1v) is 9.15. The molecule has 2 N–H and O–H groups in total. The van der Waals surface area contributed by atoms with Crippen molar-refractivity contribution in [3.63, 3.8) is 0 Å². The van der Waals surface area contributed by atoms with Gasteiger partial charge in [0.05, 0.1) is 5.52 Å². The lowest BCUT2D eigenvalue weighted by atomic mass is 10.1. The Bertz CT molecular complexity index is 758. The highest BCUT2D eigenvalue weighted by atomic mass is 16.2. The Balaban J connectivity index is 1.87. The zero-order valence-electron chi connectivity index (χ0n) is 14.9. The van der Waals surface area contributed by atoms with Crippen LogP contribution >= 0.6 is 0 Å². The molecule has 2 aromatic rings. The van der Waals surface area contributed by atoms with Gasteiger partial charge in [-0.15, -0.1) is 0 Å². The Morgan fingerprint density at radius 2 is 1.84 bits per heavy atom. The first kappa shape index (κ1) is 17.5. The second-order valence-electron chi connectivity index (χ2n) is 7.03. The van der Waals surface area contributed by atoms with Crippen LogP contribution in [0, 0.1) is 0 Å². The summed E-state index contributed by atoms with van der Waals surface area (Å²) in [5.74, 6) is -0.223. The van der Waals surface area contributed by atoms with Gasteiger partial charge in [0.2, 0.25) is 5.82 Å². The molecule has 1 saturated carbocycles. The van der Waals surface area contributed by atoms with Crippen molar-refractivity contribution in [2.45, 2.75) is 64.5 Å². The van der Waals surface area contributed by atoms with Gasteiger partial charge in [-0.1, -0.05) is 31.7 Å². The van der Waals surface area contributed by atoms with E-state index >= 15 is 0 Å². The van der Waals surface area contributed by atoms with E-state index in [1.54, 1.807) is 10.6 Å². The van der Waals surface area contributed by atoms with Crippen LogP contribution in [0.25, 0.3) is 5.52 Å². The Hall–Kier alpha value is -2.37. The molecule has 1 aliphatic rings. The smallest absolute Gasteiger partial charge is 0.287 e. The number of pyridine rings is 1. The van der Waals surface area contributed by atoms with Gasteiger partial charge < -0.3 is 10.6 Å². The monoisotopic (exact) mass is 342 g/mol. The van der Waals surface area contributed by atoms with Crippen molar-refractivity contribution in [2.75, 3.05) is 0 Å². The number of hydrogen-bond donors (Lipinski definition) is 2. The number of carbonyl (C=O) groups excluding carboxylic acids is 2. The third kappa shape index (κ3) is 4.00. The molecular weight excluding hydrogens is 316 g/mol. The van der Waals surface area contributed by atoms with Crippen molar-refractivity contribution in [2.24, 2.45) is 0 Å². The Morgan fingerprint density at radius 3 is 2.52 bits per heavy atom. The fourth-order valence-corrected chi connectivity index (χ4v) is 3.37. The first-order chi connectivity index (χ1) is 12.1. The lowest BCUT2D eigenvalue weighted by Gasteiger charge is -2.15.